The quantitative estimate of drug-likeness (QED) is 0.830. The van der Waals surface area contributed by atoms with Crippen molar-refractivity contribution in [3.05, 3.63) is 41.6 Å². The van der Waals surface area contributed by atoms with Crippen molar-refractivity contribution < 1.29 is 14.1 Å². The van der Waals surface area contributed by atoms with Gasteiger partial charge in [-0.05, 0) is 38.1 Å². The maximum Gasteiger partial charge on any atom is 0.326 e. The number of nitrogens with one attached hydrogen (secondary N) is 2. The number of rotatable bonds is 3. The molecule has 0 saturated carbocycles. The highest BCUT2D eigenvalue weighted by Gasteiger charge is 2.06. The first kappa shape index (κ1) is 12.8. The smallest absolute Gasteiger partial charge is 0.326 e. The molecule has 0 spiro atoms. The number of urea groups is 1. The van der Waals surface area contributed by atoms with Gasteiger partial charge in [-0.25, -0.2) is 4.79 Å². The number of aromatic nitrogens is 1. The molecule has 2 aromatic rings. The second kappa shape index (κ2) is 5.34. The SMILES string of the molecule is CC(=O)c1ccc(NC(=O)Nc2cc(C)no2)cc1. The number of anilines is 2. The van der Waals surface area contributed by atoms with Crippen molar-refractivity contribution in [2.45, 2.75) is 13.8 Å². The molecule has 6 nitrogen and oxygen atoms in total. The number of ketones is 1. The fraction of sp³-hybridized carbons (Fsp3) is 0.154. The van der Waals surface area contributed by atoms with E-state index in [2.05, 4.69) is 15.8 Å². The standard InChI is InChI=1S/C13H13N3O3/c1-8-7-12(19-16-8)15-13(18)14-11-5-3-10(4-6-11)9(2)17/h3-7H,1-2H3,(H2,14,15,18). The number of carbonyl (C=O) groups is 2. The number of benzene rings is 1. The lowest BCUT2D eigenvalue weighted by atomic mass is 10.1. The molecule has 1 aromatic heterocycles. The molecular weight excluding hydrogens is 246 g/mol. The molecule has 19 heavy (non-hydrogen) atoms. The first-order valence-electron chi connectivity index (χ1n) is 5.67. The number of Topliss-reactive ketones (excluding diaryl/α,β-unsaturated/α-hetero) is 1. The highest BCUT2D eigenvalue weighted by Crippen LogP contribution is 2.12. The Bertz CT molecular complexity index is 602. The molecule has 98 valence electrons. The number of nitrogens with zero attached hydrogens (tertiary/aromatic N) is 1. The number of hydrogen-bond donors (Lipinski definition) is 2. The van der Waals surface area contributed by atoms with Gasteiger partial charge in [-0.15, -0.1) is 0 Å². The van der Waals surface area contributed by atoms with E-state index < -0.39 is 6.03 Å². The normalized spacial score (nSPS) is 10.0. The topological polar surface area (TPSA) is 84.2 Å². The molecule has 2 rings (SSSR count). The lowest BCUT2D eigenvalue weighted by molar-refractivity contribution is 0.101. The van der Waals surface area contributed by atoms with E-state index in [1.807, 2.05) is 0 Å². The van der Waals surface area contributed by atoms with Crippen LogP contribution in [0.4, 0.5) is 16.4 Å². The zero-order valence-corrected chi connectivity index (χ0v) is 10.6. The van der Waals surface area contributed by atoms with Gasteiger partial charge in [0.05, 0.1) is 5.69 Å². The van der Waals surface area contributed by atoms with Gasteiger partial charge in [0.25, 0.3) is 0 Å². The first-order chi connectivity index (χ1) is 9.04. The van der Waals surface area contributed by atoms with Gasteiger partial charge in [0, 0.05) is 17.3 Å². The van der Waals surface area contributed by atoms with Crippen LogP contribution in [-0.2, 0) is 0 Å². The van der Waals surface area contributed by atoms with Gasteiger partial charge in [0.2, 0.25) is 5.88 Å². The van der Waals surface area contributed by atoms with Crippen LogP contribution in [0.15, 0.2) is 34.9 Å². The molecule has 1 aromatic carbocycles. The van der Waals surface area contributed by atoms with Gasteiger partial charge in [-0.3, -0.25) is 10.1 Å². The van der Waals surface area contributed by atoms with Crippen molar-refractivity contribution in [3.8, 4) is 0 Å². The van der Waals surface area contributed by atoms with Crippen LogP contribution >= 0.6 is 0 Å². The molecule has 0 saturated heterocycles. The summed E-state index contributed by atoms with van der Waals surface area (Å²) in [6.45, 7) is 3.24. The Morgan fingerprint density at radius 1 is 1.16 bits per heavy atom. The van der Waals surface area contributed by atoms with Crippen molar-refractivity contribution in [1.82, 2.24) is 5.16 Å². The molecule has 6 heteroatoms. The molecule has 2 N–H and O–H groups in total. The molecule has 0 fully saturated rings. The summed E-state index contributed by atoms with van der Waals surface area (Å²) in [5.74, 6) is 0.253. The predicted octanol–water partition coefficient (Wildman–Crippen LogP) is 2.83. The van der Waals surface area contributed by atoms with Crippen LogP contribution in [0, 0.1) is 6.92 Å². The maximum absolute atomic E-state index is 11.6. The number of carbonyl (C=O) groups excluding carboxylic acids is 2. The van der Waals surface area contributed by atoms with E-state index in [4.69, 9.17) is 4.52 Å². The Morgan fingerprint density at radius 2 is 1.84 bits per heavy atom. The molecule has 0 aliphatic carbocycles. The first-order valence-corrected chi connectivity index (χ1v) is 5.67. The molecule has 0 radical (unpaired) electrons. The monoisotopic (exact) mass is 259 g/mol. The largest absolute Gasteiger partial charge is 0.338 e. The van der Waals surface area contributed by atoms with Gasteiger partial charge in [-0.1, -0.05) is 5.16 Å². The van der Waals surface area contributed by atoms with Crippen LogP contribution in [0.3, 0.4) is 0 Å². The van der Waals surface area contributed by atoms with Crippen LogP contribution in [0.5, 0.6) is 0 Å². The molecule has 0 bridgehead atoms. The summed E-state index contributed by atoms with van der Waals surface area (Å²) in [6, 6.07) is 7.78. The van der Waals surface area contributed by atoms with Crippen LogP contribution in [0.25, 0.3) is 0 Å². The predicted molar refractivity (Wildman–Crippen MR) is 70.3 cm³/mol. The third-order valence-corrected chi connectivity index (χ3v) is 2.41. The summed E-state index contributed by atoms with van der Waals surface area (Å²) < 4.78 is 4.86. The number of hydrogen-bond acceptors (Lipinski definition) is 4. The van der Waals surface area contributed by atoms with Gasteiger partial charge in [0.1, 0.15) is 0 Å². The van der Waals surface area contributed by atoms with E-state index >= 15 is 0 Å². The van der Waals surface area contributed by atoms with E-state index in [0.29, 0.717) is 16.9 Å². The minimum absolute atomic E-state index is 0.0202. The fourth-order valence-corrected chi connectivity index (χ4v) is 1.49. The van der Waals surface area contributed by atoms with Crippen molar-refractivity contribution in [3.63, 3.8) is 0 Å². The number of aryl methyl sites for hydroxylation is 1. The number of amides is 2. The van der Waals surface area contributed by atoms with E-state index in [1.165, 1.54) is 6.92 Å². The Balaban J connectivity index is 1.97. The Morgan fingerprint density at radius 3 is 2.37 bits per heavy atom. The van der Waals surface area contributed by atoms with E-state index in [1.54, 1.807) is 37.3 Å². The third-order valence-electron chi connectivity index (χ3n) is 2.41. The lowest BCUT2D eigenvalue weighted by Crippen LogP contribution is -2.19. The van der Waals surface area contributed by atoms with Crippen molar-refractivity contribution >= 4 is 23.4 Å². The Hall–Kier alpha value is -2.63. The summed E-state index contributed by atoms with van der Waals surface area (Å²) >= 11 is 0. The fourth-order valence-electron chi connectivity index (χ4n) is 1.49. The minimum Gasteiger partial charge on any atom is -0.338 e. The summed E-state index contributed by atoms with van der Waals surface area (Å²) in [7, 11) is 0. The zero-order chi connectivity index (χ0) is 13.8. The molecule has 2 amide bonds. The highest BCUT2D eigenvalue weighted by atomic mass is 16.5. The lowest BCUT2D eigenvalue weighted by Gasteiger charge is -2.05. The average Bonchev–Trinajstić information content (AvgIpc) is 2.75. The third kappa shape index (κ3) is 3.41. The molecular formula is C13H13N3O3. The van der Waals surface area contributed by atoms with Crippen LogP contribution in [0.1, 0.15) is 23.0 Å². The van der Waals surface area contributed by atoms with Crippen LogP contribution < -0.4 is 10.6 Å². The highest BCUT2D eigenvalue weighted by molar-refractivity contribution is 5.99. The minimum atomic E-state index is -0.438. The summed E-state index contributed by atoms with van der Waals surface area (Å²) in [4.78, 5) is 22.7. The average molecular weight is 259 g/mol. The van der Waals surface area contributed by atoms with Gasteiger partial charge in [-0.2, -0.15) is 0 Å². The summed E-state index contributed by atoms with van der Waals surface area (Å²) in [6.07, 6.45) is 0. The van der Waals surface area contributed by atoms with E-state index in [9.17, 15) is 9.59 Å². The molecule has 0 aliphatic heterocycles. The summed E-state index contributed by atoms with van der Waals surface area (Å²) in [5.41, 5.74) is 1.86. The van der Waals surface area contributed by atoms with Gasteiger partial charge in [0.15, 0.2) is 5.78 Å². The van der Waals surface area contributed by atoms with Crippen molar-refractivity contribution in [2.75, 3.05) is 10.6 Å². The second-order valence-electron chi connectivity index (χ2n) is 4.05. The Kier molecular flexibility index (Phi) is 3.61. The zero-order valence-electron chi connectivity index (χ0n) is 10.6. The molecule has 0 unspecified atom stereocenters. The van der Waals surface area contributed by atoms with E-state index in [-0.39, 0.29) is 11.7 Å². The molecule has 1 heterocycles. The van der Waals surface area contributed by atoms with Crippen molar-refractivity contribution in [1.29, 1.82) is 0 Å². The second-order valence-corrected chi connectivity index (χ2v) is 4.05. The van der Waals surface area contributed by atoms with Gasteiger partial charge < -0.3 is 9.84 Å². The van der Waals surface area contributed by atoms with Crippen molar-refractivity contribution in [2.24, 2.45) is 0 Å². The van der Waals surface area contributed by atoms with Crippen LogP contribution in [-0.4, -0.2) is 17.0 Å². The molecule has 0 atom stereocenters. The van der Waals surface area contributed by atoms with E-state index in [0.717, 1.165) is 0 Å². The maximum atomic E-state index is 11.6. The van der Waals surface area contributed by atoms with Gasteiger partial charge >= 0.3 is 6.03 Å². The Labute approximate surface area is 109 Å². The summed E-state index contributed by atoms with van der Waals surface area (Å²) in [5, 5.41) is 8.77. The van der Waals surface area contributed by atoms with Crippen LogP contribution in [0.2, 0.25) is 0 Å². The molecule has 0 aliphatic rings.